The normalized spacial score (nSPS) is 17.7. The first-order valence-corrected chi connectivity index (χ1v) is 9.73. The number of carbonyl (C=O) groups excluding carboxylic acids is 1. The number of hydrogen-bond donors (Lipinski definition) is 0. The van der Waals surface area contributed by atoms with Gasteiger partial charge in [0.05, 0.1) is 6.04 Å². The Morgan fingerprint density at radius 3 is 2.69 bits per heavy atom. The van der Waals surface area contributed by atoms with Crippen molar-refractivity contribution in [3.05, 3.63) is 82.9 Å². The van der Waals surface area contributed by atoms with Crippen LogP contribution in [0.1, 0.15) is 33.2 Å². The Morgan fingerprint density at radius 1 is 1.03 bits per heavy atom. The van der Waals surface area contributed by atoms with Crippen molar-refractivity contribution in [3.63, 3.8) is 0 Å². The molecule has 148 valence electrons. The highest BCUT2D eigenvalue weighted by Crippen LogP contribution is 2.38. The average Bonchev–Trinajstić information content (AvgIpc) is 3.23. The molecule has 3 aromatic rings. The molecule has 0 radical (unpaired) electrons. The molecule has 29 heavy (non-hydrogen) atoms. The molecule has 0 N–H and O–H groups in total. The molecule has 0 spiro atoms. The minimum atomic E-state index is -0.308. The van der Waals surface area contributed by atoms with Crippen molar-refractivity contribution >= 4 is 5.91 Å². The Labute approximate surface area is 168 Å². The number of aromatic nitrogens is 1. The van der Waals surface area contributed by atoms with Gasteiger partial charge in [-0.15, -0.1) is 0 Å². The van der Waals surface area contributed by atoms with Gasteiger partial charge in [-0.05, 0) is 60.5 Å². The van der Waals surface area contributed by atoms with Crippen LogP contribution in [0.3, 0.4) is 0 Å². The van der Waals surface area contributed by atoms with E-state index < -0.39 is 0 Å². The second-order valence-corrected chi connectivity index (χ2v) is 7.39. The zero-order valence-electron chi connectivity index (χ0n) is 16.1. The van der Waals surface area contributed by atoms with Gasteiger partial charge in [-0.25, -0.2) is 4.39 Å². The lowest BCUT2D eigenvalue weighted by molar-refractivity contribution is 0.0663. The molecule has 6 heteroatoms. The minimum absolute atomic E-state index is 0.111. The maximum Gasteiger partial charge on any atom is 0.254 e. The summed E-state index contributed by atoms with van der Waals surface area (Å²) >= 11 is 0. The molecule has 0 fully saturated rings. The van der Waals surface area contributed by atoms with Crippen LogP contribution >= 0.6 is 0 Å². The van der Waals surface area contributed by atoms with E-state index in [2.05, 4.69) is 4.57 Å². The lowest BCUT2D eigenvalue weighted by atomic mass is 9.98. The molecule has 5 rings (SSSR count). The van der Waals surface area contributed by atoms with Gasteiger partial charge in [0.15, 0.2) is 11.5 Å². The molecule has 0 saturated heterocycles. The lowest BCUT2D eigenvalue weighted by Crippen LogP contribution is -2.42. The van der Waals surface area contributed by atoms with Crippen LogP contribution in [0, 0.1) is 12.7 Å². The number of hydrogen-bond acceptors (Lipinski definition) is 3. The van der Waals surface area contributed by atoms with Crippen LogP contribution in [0.5, 0.6) is 11.5 Å². The Hall–Kier alpha value is -3.28. The number of aryl methyl sites for hydroxylation is 1. The molecule has 2 aliphatic rings. The monoisotopic (exact) mass is 392 g/mol. The summed E-state index contributed by atoms with van der Waals surface area (Å²) in [5.41, 5.74) is 2.96. The van der Waals surface area contributed by atoms with Gasteiger partial charge in [0.2, 0.25) is 0 Å². The minimum Gasteiger partial charge on any atom is -0.486 e. The van der Waals surface area contributed by atoms with Crippen LogP contribution in [0.25, 0.3) is 0 Å². The number of halogens is 1. The number of carbonyl (C=O) groups is 1. The number of benzene rings is 2. The van der Waals surface area contributed by atoms with E-state index in [4.69, 9.17) is 9.47 Å². The summed E-state index contributed by atoms with van der Waals surface area (Å²) in [5, 5.41) is 0. The average molecular weight is 392 g/mol. The van der Waals surface area contributed by atoms with Gasteiger partial charge < -0.3 is 18.9 Å². The third-order valence-electron chi connectivity index (χ3n) is 5.59. The number of ether oxygens (including phenoxy) is 2. The number of nitrogens with zero attached hydrogens (tertiary/aromatic N) is 2. The van der Waals surface area contributed by atoms with E-state index in [-0.39, 0.29) is 17.8 Å². The van der Waals surface area contributed by atoms with Gasteiger partial charge in [0, 0.05) is 30.5 Å². The second kappa shape index (κ2) is 6.95. The van der Waals surface area contributed by atoms with Crippen molar-refractivity contribution in [2.75, 3.05) is 19.8 Å². The topological polar surface area (TPSA) is 43.7 Å². The zero-order chi connectivity index (χ0) is 20.0. The fourth-order valence-electron chi connectivity index (χ4n) is 4.13. The van der Waals surface area contributed by atoms with Crippen molar-refractivity contribution < 1.29 is 18.7 Å². The summed E-state index contributed by atoms with van der Waals surface area (Å²) in [5.74, 6) is 0.999. The fourth-order valence-corrected chi connectivity index (χ4v) is 4.13. The third kappa shape index (κ3) is 3.05. The third-order valence-corrected chi connectivity index (χ3v) is 5.59. The molecule has 2 aromatic carbocycles. The Bertz CT molecular complexity index is 1090. The Balaban J connectivity index is 1.57. The molecule has 0 unspecified atom stereocenters. The van der Waals surface area contributed by atoms with Gasteiger partial charge >= 0.3 is 0 Å². The van der Waals surface area contributed by atoms with Crippen molar-refractivity contribution in [1.82, 2.24) is 9.47 Å². The highest BCUT2D eigenvalue weighted by atomic mass is 19.1. The van der Waals surface area contributed by atoms with Crippen molar-refractivity contribution in [1.29, 1.82) is 0 Å². The number of amides is 1. The summed E-state index contributed by atoms with van der Waals surface area (Å²) in [4.78, 5) is 15.3. The smallest absolute Gasteiger partial charge is 0.254 e. The van der Waals surface area contributed by atoms with Crippen LogP contribution in [0.15, 0.2) is 54.7 Å². The highest BCUT2D eigenvalue weighted by Gasteiger charge is 2.33. The molecular weight excluding hydrogens is 371 g/mol. The number of fused-ring (bicyclic) bond motifs is 2. The maximum absolute atomic E-state index is 13.7. The maximum atomic E-state index is 13.7. The van der Waals surface area contributed by atoms with Gasteiger partial charge in [-0.1, -0.05) is 6.07 Å². The van der Waals surface area contributed by atoms with Crippen molar-refractivity contribution in [2.45, 2.75) is 19.5 Å². The van der Waals surface area contributed by atoms with E-state index in [0.717, 1.165) is 23.6 Å². The largest absolute Gasteiger partial charge is 0.486 e. The van der Waals surface area contributed by atoms with E-state index in [1.807, 2.05) is 41.4 Å². The first-order valence-electron chi connectivity index (χ1n) is 9.73. The molecule has 0 aliphatic carbocycles. The van der Waals surface area contributed by atoms with Crippen LogP contribution in [-0.4, -0.2) is 35.1 Å². The summed E-state index contributed by atoms with van der Waals surface area (Å²) < 4.78 is 27.3. The van der Waals surface area contributed by atoms with Crippen LogP contribution in [-0.2, 0) is 6.54 Å². The van der Waals surface area contributed by atoms with Crippen LogP contribution < -0.4 is 9.47 Å². The number of rotatable bonds is 2. The van der Waals surface area contributed by atoms with Gasteiger partial charge in [0.1, 0.15) is 19.0 Å². The predicted molar refractivity (Wildman–Crippen MR) is 106 cm³/mol. The lowest BCUT2D eigenvalue weighted by Gasteiger charge is -2.38. The zero-order valence-corrected chi connectivity index (χ0v) is 16.1. The summed E-state index contributed by atoms with van der Waals surface area (Å²) in [6, 6.07) is 14.1. The van der Waals surface area contributed by atoms with Crippen LogP contribution in [0.2, 0.25) is 0 Å². The van der Waals surface area contributed by atoms with E-state index >= 15 is 0 Å². The molecule has 1 amide bonds. The molecule has 1 aromatic heterocycles. The van der Waals surface area contributed by atoms with E-state index in [9.17, 15) is 9.18 Å². The molecular formula is C23H21FN2O3. The van der Waals surface area contributed by atoms with E-state index in [1.54, 1.807) is 19.1 Å². The van der Waals surface area contributed by atoms with Crippen LogP contribution in [0.4, 0.5) is 4.39 Å². The molecule has 0 bridgehead atoms. The molecule has 5 nitrogen and oxygen atoms in total. The summed E-state index contributed by atoms with van der Waals surface area (Å²) in [6.07, 6.45) is 2.03. The van der Waals surface area contributed by atoms with Gasteiger partial charge in [-0.3, -0.25) is 4.79 Å². The van der Waals surface area contributed by atoms with Gasteiger partial charge in [0.25, 0.3) is 5.91 Å². The second-order valence-electron chi connectivity index (χ2n) is 7.39. The molecule has 2 aliphatic heterocycles. The van der Waals surface area contributed by atoms with Crippen molar-refractivity contribution in [3.8, 4) is 11.5 Å². The van der Waals surface area contributed by atoms with Crippen molar-refractivity contribution in [2.24, 2.45) is 0 Å². The van der Waals surface area contributed by atoms with E-state index in [0.29, 0.717) is 36.6 Å². The predicted octanol–water partition coefficient (Wildman–Crippen LogP) is 3.95. The SMILES string of the molecule is Cc1cc(C(=O)N2CCn3cccc3[C@H]2c2ccc3c(c2)OCCO3)ccc1F. The molecule has 1 atom stereocenters. The van der Waals surface area contributed by atoms with Gasteiger partial charge in [-0.2, -0.15) is 0 Å². The Morgan fingerprint density at radius 2 is 1.86 bits per heavy atom. The molecule has 3 heterocycles. The Kier molecular flexibility index (Phi) is 4.27. The first kappa shape index (κ1) is 17.8. The highest BCUT2D eigenvalue weighted by molar-refractivity contribution is 5.95. The fraction of sp³-hybridized carbons (Fsp3) is 0.261. The van der Waals surface area contributed by atoms with E-state index in [1.165, 1.54) is 6.07 Å². The quantitative estimate of drug-likeness (QED) is 0.663. The summed E-state index contributed by atoms with van der Waals surface area (Å²) in [7, 11) is 0. The first-order chi connectivity index (χ1) is 14.1. The standard InChI is InChI=1S/C23H21FN2O3/c1-15-13-17(4-6-18(15)24)23(27)26-10-9-25-8-2-3-19(25)22(26)16-5-7-20-21(14-16)29-12-11-28-20/h2-8,13-14,22H,9-12H2,1H3/t22-/m1/s1. The molecule has 0 saturated carbocycles. The summed E-state index contributed by atoms with van der Waals surface area (Å²) in [6.45, 7) is 4.00.